The van der Waals surface area contributed by atoms with Crippen LogP contribution in [0.3, 0.4) is 0 Å². The maximum absolute atomic E-state index is 10.7. The zero-order valence-corrected chi connectivity index (χ0v) is 7.09. The number of nitrogens with one attached hydrogen (secondary N) is 2. The van der Waals surface area contributed by atoms with E-state index in [-0.39, 0.29) is 25.2 Å². The fourth-order valence-corrected chi connectivity index (χ4v) is 0.455. The van der Waals surface area contributed by atoms with Crippen LogP contribution in [0, 0.1) is 0 Å². The highest BCUT2D eigenvalue weighted by molar-refractivity contribution is 5.73. The monoisotopic (exact) mass is 174 g/mol. The van der Waals surface area contributed by atoms with E-state index in [0.717, 1.165) is 0 Å². The van der Waals surface area contributed by atoms with Crippen LogP contribution in [0.2, 0.25) is 0 Å². The Labute approximate surface area is 70.5 Å². The molecule has 0 bridgehead atoms. The van der Waals surface area contributed by atoms with E-state index in [1.165, 1.54) is 13.8 Å². The lowest BCUT2D eigenvalue weighted by atomic mass is 10.7. The molecule has 0 unspecified atom stereocenters. The van der Waals surface area contributed by atoms with Gasteiger partial charge in [-0.3, -0.25) is 9.59 Å². The molecule has 0 atom stereocenters. The SMILES string of the molecule is CC(=O)NCN([O])CNC(C)=O. The topological polar surface area (TPSA) is 81.3 Å². The molecular weight excluding hydrogens is 162 g/mol. The molecule has 0 saturated heterocycles. The van der Waals surface area contributed by atoms with Gasteiger partial charge in [0, 0.05) is 13.8 Å². The molecule has 0 aromatic rings. The van der Waals surface area contributed by atoms with E-state index in [1.54, 1.807) is 0 Å². The Bertz CT molecular complexity index is 153. The summed E-state index contributed by atoms with van der Waals surface area (Å²) in [6, 6.07) is 0. The molecular formula is C6H12N3O3. The largest absolute Gasteiger partial charge is 0.341 e. The summed E-state index contributed by atoms with van der Waals surface area (Å²) in [4.78, 5) is 20.6. The molecule has 0 aliphatic carbocycles. The highest BCUT2D eigenvalue weighted by atomic mass is 16.5. The summed E-state index contributed by atoms with van der Waals surface area (Å²) in [5.41, 5.74) is 0. The second-order valence-corrected chi connectivity index (χ2v) is 2.26. The Hall–Kier alpha value is -1.14. The molecule has 0 heterocycles. The van der Waals surface area contributed by atoms with E-state index in [2.05, 4.69) is 10.6 Å². The van der Waals surface area contributed by atoms with Gasteiger partial charge in [0.15, 0.2) is 0 Å². The lowest BCUT2D eigenvalue weighted by Crippen LogP contribution is -2.40. The van der Waals surface area contributed by atoms with E-state index in [9.17, 15) is 14.8 Å². The van der Waals surface area contributed by atoms with Crippen molar-refractivity contribution < 1.29 is 14.8 Å². The molecule has 1 radical (unpaired) electrons. The van der Waals surface area contributed by atoms with Crippen LogP contribution in [0.25, 0.3) is 0 Å². The molecule has 0 aliphatic heterocycles. The molecule has 6 nitrogen and oxygen atoms in total. The van der Waals surface area contributed by atoms with Crippen LogP contribution in [0.15, 0.2) is 0 Å². The average Bonchev–Trinajstić information content (AvgIpc) is 1.96. The highest BCUT2D eigenvalue weighted by Gasteiger charge is 2.02. The minimum atomic E-state index is -0.279. The van der Waals surface area contributed by atoms with Crippen molar-refractivity contribution in [1.29, 1.82) is 0 Å². The molecule has 0 aromatic heterocycles. The van der Waals surface area contributed by atoms with E-state index >= 15 is 0 Å². The summed E-state index contributed by atoms with van der Waals surface area (Å²) < 4.78 is 0. The van der Waals surface area contributed by atoms with Gasteiger partial charge in [-0.25, -0.2) is 0 Å². The lowest BCUT2D eigenvalue weighted by molar-refractivity contribution is -0.170. The van der Waals surface area contributed by atoms with Gasteiger partial charge in [0.1, 0.15) is 0 Å². The Morgan fingerprint density at radius 1 is 1.08 bits per heavy atom. The number of hydroxylamine groups is 2. The minimum absolute atomic E-state index is 0.115. The van der Waals surface area contributed by atoms with Gasteiger partial charge in [0.05, 0.1) is 13.3 Å². The first-order chi connectivity index (χ1) is 5.52. The lowest BCUT2D eigenvalue weighted by Gasteiger charge is -2.11. The van der Waals surface area contributed by atoms with Crippen LogP contribution in [0.1, 0.15) is 13.8 Å². The van der Waals surface area contributed by atoms with Gasteiger partial charge in [0.25, 0.3) is 0 Å². The van der Waals surface area contributed by atoms with E-state index in [1.807, 2.05) is 0 Å². The van der Waals surface area contributed by atoms with Gasteiger partial charge in [-0.1, -0.05) is 0 Å². The van der Waals surface area contributed by atoms with E-state index in [0.29, 0.717) is 5.06 Å². The number of nitrogens with zero attached hydrogens (tertiary/aromatic N) is 1. The summed E-state index contributed by atoms with van der Waals surface area (Å²) >= 11 is 0. The van der Waals surface area contributed by atoms with Crippen molar-refractivity contribution in [2.24, 2.45) is 0 Å². The molecule has 0 saturated carbocycles. The van der Waals surface area contributed by atoms with Gasteiger partial charge in [-0.15, -0.1) is 10.3 Å². The van der Waals surface area contributed by atoms with Crippen LogP contribution >= 0.6 is 0 Å². The first kappa shape index (κ1) is 10.9. The number of rotatable bonds is 4. The predicted molar refractivity (Wildman–Crippen MR) is 39.9 cm³/mol. The molecule has 0 fully saturated rings. The van der Waals surface area contributed by atoms with E-state index < -0.39 is 0 Å². The summed E-state index contributed by atoms with van der Waals surface area (Å²) in [6.45, 7) is 2.39. The van der Waals surface area contributed by atoms with Crippen molar-refractivity contribution in [1.82, 2.24) is 15.7 Å². The van der Waals surface area contributed by atoms with Crippen LogP contribution in [-0.2, 0) is 14.8 Å². The number of amides is 2. The third kappa shape index (κ3) is 6.97. The Morgan fingerprint density at radius 2 is 1.42 bits per heavy atom. The van der Waals surface area contributed by atoms with Crippen molar-refractivity contribution >= 4 is 11.8 Å². The normalized spacial score (nSPS) is 9.67. The van der Waals surface area contributed by atoms with Gasteiger partial charge < -0.3 is 10.6 Å². The molecule has 69 valence electrons. The van der Waals surface area contributed by atoms with Crippen molar-refractivity contribution in [3.63, 3.8) is 0 Å². The number of hydrogen-bond acceptors (Lipinski definition) is 3. The second-order valence-electron chi connectivity index (χ2n) is 2.26. The quantitative estimate of drug-likeness (QED) is 0.416. The third-order valence-corrected chi connectivity index (χ3v) is 1.01. The average molecular weight is 174 g/mol. The molecule has 12 heavy (non-hydrogen) atoms. The highest BCUT2D eigenvalue weighted by Crippen LogP contribution is 1.75. The van der Waals surface area contributed by atoms with Crippen LogP contribution in [0.5, 0.6) is 0 Å². The van der Waals surface area contributed by atoms with E-state index in [4.69, 9.17) is 0 Å². The predicted octanol–water partition coefficient (Wildman–Crippen LogP) is -1.18. The Kier molecular flexibility index (Phi) is 4.98. The first-order valence-electron chi connectivity index (χ1n) is 3.43. The molecule has 0 aromatic carbocycles. The Balaban J connectivity index is 3.39. The summed E-state index contributed by atoms with van der Waals surface area (Å²) in [6.07, 6.45) is 0. The molecule has 0 aliphatic rings. The molecule has 0 spiro atoms. The smallest absolute Gasteiger partial charge is 0.217 e. The van der Waals surface area contributed by atoms with Crippen LogP contribution < -0.4 is 10.6 Å². The van der Waals surface area contributed by atoms with Crippen LogP contribution in [-0.4, -0.2) is 30.2 Å². The minimum Gasteiger partial charge on any atom is -0.341 e. The molecule has 6 heteroatoms. The summed E-state index contributed by atoms with van der Waals surface area (Å²) in [5, 5.41) is 15.9. The maximum Gasteiger partial charge on any atom is 0.217 e. The van der Waals surface area contributed by atoms with Gasteiger partial charge in [0.2, 0.25) is 11.8 Å². The molecule has 2 N–H and O–H groups in total. The van der Waals surface area contributed by atoms with Gasteiger partial charge in [-0.2, -0.15) is 0 Å². The first-order valence-corrected chi connectivity index (χ1v) is 3.43. The van der Waals surface area contributed by atoms with Crippen molar-refractivity contribution in [3.05, 3.63) is 0 Å². The second kappa shape index (κ2) is 5.50. The zero-order chi connectivity index (χ0) is 9.56. The maximum atomic E-state index is 10.7. The third-order valence-electron chi connectivity index (χ3n) is 1.01. The molecule has 2 amide bonds. The summed E-state index contributed by atoms with van der Waals surface area (Å²) in [7, 11) is 0. The van der Waals surface area contributed by atoms with Crippen LogP contribution in [0.4, 0.5) is 0 Å². The summed E-state index contributed by atoms with van der Waals surface area (Å²) in [5.74, 6) is -0.558. The van der Waals surface area contributed by atoms with Gasteiger partial charge in [-0.05, 0) is 0 Å². The van der Waals surface area contributed by atoms with Gasteiger partial charge >= 0.3 is 0 Å². The van der Waals surface area contributed by atoms with Crippen molar-refractivity contribution in [2.45, 2.75) is 13.8 Å². The number of carbonyl (C=O) groups is 2. The van der Waals surface area contributed by atoms with Crippen molar-refractivity contribution in [3.8, 4) is 0 Å². The molecule has 0 rings (SSSR count). The number of carbonyl (C=O) groups excluding carboxylic acids is 2. The van der Waals surface area contributed by atoms with Crippen molar-refractivity contribution in [2.75, 3.05) is 13.3 Å². The standard InChI is InChI=1S/C6H12N3O3/c1-5(10)7-3-9(12)4-8-6(2)11/h3-4H2,1-2H3,(H,7,10)(H,8,11). The Morgan fingerprint density at radius 3 is 1.67 bits per heavy atom. The fraction of sp³-hybridized carbons (Fsp3) is 0.667. The fourth-order valence-electron chi connectivity index (χ4n) is 0.455. The number of hydrogen-bond donors (Lipinski definition) is 2. The zero-order valence-electron chi connectivity index (χ0n) is 7.09.